The first kappa shape index (κ1) is 22.5. The Morgan fingerprint density at radius 2 is 1.94 bits per heavy atom. The van der Waals surface area contributed by atoms with Crippen LogP contribution in [0.4, 0.5) is 5.69 Å². The van der Waals surface area contributed by atoms with Crippen LogP contribution >= 0.6 is 23.4 Å². The van der Waals surface area contributed by atoms with Gasteiger partial charge in [-0.3, -0.25) is 14.9 Å². The minimum absolute atomic E-state index is 0.0413. The van der Waals surface area contributed by atoms with Crippen LogP contribution in [0, 0.1) is 10.1 Å². The highest BCUT2D eigenvalue weighted by molar-refractivity contribution is 7.99. The molecule has 4 rings (SSSR count). The van der Waals surface area contributed by atoms with Gasteiger partial charge in [0.15, 0.2) is 5.16 Å². The summed E-state index contributed by atoms with van der Waals surface area (Å²) in [6.07, 6.45) is 1.37. The van der Waals surface area contributed by atoms with Crippen LogP contribution in [-0.4, -0.2) is 32.3 Å². The average Bonchev–Trinajstić information content (AvgIpc) is 3.16. The highest BCUT2D eigenvalue weighted by Crippen LogP contribution is 2.25. The number of carbonyl (C=O) groups is 1. The zero-order valence-electron chi connectivity index (χ0n) is 17.2. The Morgan fingerprint density at radius 1 is 1.15 bits per heavy atom. The second-order valence-corrected chi connectivity index (χ2v) is 8.41. The summed E-state index contributed by atoms with van der Waals surface area (Å²) in [6.45, 7) is 0.590. The zero-order valence-corrected chi connectivity index (χ0v) is 18.8. The number of hydrogen-bond acceptors (Lipinski definition) is 6. The molecule has 0 spiro atoms. The molecular weight excluding hydrogens is 462 g/mol. The Kier molecular flexibility index (Phi) is 7.01. The topological polar surface area (TPSA) is 102 Å². The summed E-state index contributed by atoms with van der Waals surface area (Å²) >= 11 is 7.30. The highest BCUT2D eigenvalue weighted by Gasteiger charge is 2.13. The number of benzene rings is 3. The van der Waals surface area contributed by atoms with Crippen LogP contribution in [0.3, 0.4) is 0 Å². The van der Waals surface area contributed by atoms with Gasteiger partial charge in [0.1, 0.15) is 0 Å². The van der Waals surface area contributed by atoms with Crippen molar-refractivity contribution in [1.82, 2.24) is 15.0 Å². The van der Waals surface area contributed by atoms with Gasteiger partial charge in [0, 0.05) is 22.7 Å². The van der Waals surface area contributed by atoms with E-state index in [1.165, 1.54) is 30.1 Å². The molecule has 0 saturated carbocycles. The Labute approximate surface area is 198 Å². The molecule has 0 atom stereocenters. The van der Waals surface area contributed by atoms with E-state index in [2.05, 4.69) is 20.1 Å². The van der Waals surface area contributed by atoms with E-state index < -0.39 is 4.92 Å². The van der Waals surface area contributed by atoms with Crippen molar-refractivity contribution in [3.05, 3.63) is 99.1 Å². The van der Waals surface area contributed by atoms with Crippen molar-refractivity contribution in [3.8, 4) is 0 Å². The van der Waals surface area contributed by atoms with Crippen molar-refractivity contribution in [2.24, 2.45) is 5.10 Å². The number of rotatable bonds is 8. The van der Waals surface area contributed by atoms with Crippen LogP contribution in [0.15, 0.2) is 83.1 Å². The monoisotopic (exact) mass is 479 g/mol. The molecule has 4 aromatic rings. The Morgan fingerprint density at radius 3 is 2.73 bits per heavy atom. The van der Waals surface area contributed by atoms with Gasteiger partial charge in [0.25, 0.3) is 11.6 Å². The van der Waals surface area contributed by atoms with Crippen molar-refractivity contribution in [1.29, 1.82) is 0 Å². The highest BCUT2D eigenvalue weighted by atomic mass is 35.5. The van der Waals surface area contributed by atoms with E-state index in [0.29, 0.717) is 22.3 Å². The largest absolute Gasteiger partial charge is 0.314 e. The van der Waals surface area contributed by atoms with Crippen molar-refractivity contribution in [2.75, 3.05) is 5.75 Å². The third-order valence-electron chi connectivity index (χ3n) is 4.69. The molecule has 1 heterocycles. The van der Waals surface area contributed by atoms with Gasteiger partial charge in [0.2, 0.25) is 0 Å². The molecule has 166 valence electrons. The number of aromatic nitrogens is 2. The van der Waals surface area contributed by atoms with E-state index in [-0.39, 0.29) is 17.3 Å². The van der Waals surface area contributed by atoms with Gasteiger partial charge >= 0.3 is 0 Å². The third-order valence-corrected chi connectivity index (χ3v) is 5.92. The molecule has 0 aliphatic heterocycles. The summed E-state index contributed by atoms with van der Waals surface area (Å²) in [5.41, 5.74) is 5.80. The van der Waals surface area contributed by atoms with E-state index >= 15 is 0 Å². The van der Waals surface area contributed by atoms with Crippen molar-refractivity contribution >= 4 is 52.2 Å². The minimum atomic E-state index is -0.483. The van der Waals surface area contributed by atoms with Gasteiger partial charge in [-0.25, -0.2) is 10.4 Å². The number of imidazole rings is 1. The Bertz CT molecular complexity index is 1340. The summed E-state index contributed by atoms with van der Waals surface area (Å²) in [4.78, 5) is 27.3. The summed E-state index contributed by atoms with van der Waals surface area (Å²) in [5.74, 6) is -0.206. The van der Waals surface area contributed by atoms with E-state index in [1.807, 2.05) is 48.5 Å². The summed E-state index contributed by atoms with van der Waals surface area (Å²) in [5, 5.41) is 16.1. The normalized spacial score (nSPS) is 11.2. The first-order valence-corrected chi connectivity index (χ1v) is 11.2. The van der Waals surface area contributed by atoms with Crippen LogP contribution in [0.5, 0.6) is 0 Å². The lowest BCUT2D eigenvalue weighted by Crippen LogP contribution is -2.20. The molecule has 1 N–H and O–H groups in total. The number of nitro benzene ring substituents is 1. The van der Waals surface area contributed by atoms with Crippen LogP contribution in [0.25, 0.3) is 11.0 Å². The fraction of sp³-hybridized carbons (Fsp3) is 0.0870. The molecule has 1 aromatic heterocycles. The number of non-ortho nitro benzene ring substituents is 1. The summed E-state index contributed by atoms with van der Waals surface area (Å²) in [6, 6.07) is 21.4. The number of nitro groups is 1. The lowest BCUT2D eigenvalue weighted by Gasteiger charge is -2.09. The van der Waals surface area contributed by atoms with Crippen LogP contribution in [-0.2, 0) is 11.3 Å². The molecule has 0 bridgehead atoms. The number of hydrogen-bond donors (Lipinski definition) is 1. The van der Waals surface area contributed by atoms with Gasteiger partial charge in [-0.15, -0.1) is 0 Å². The first-order chi connectivity index (χ1) is 16.0. The predicted octanol–water partition coefficient (Wildman–Crippen LogP) is 4.89. The van der Waals surface area contributed by atoms with Gasteiger partial charge in [-0.1, -0.05) is 59.8 Å². The van der Waals surface area contributed by atoms with Gasteiger partial charge in [-0.05, 0) is 29.8 Å². The molecule has 0 saturated heterocycles. The second kappa shape index (κ2) is 10.3. The number of halogens is 1. The molecule has 0 fully saturated rings. The minimum Gasteiger partial charge on any atom is -0.314 e. The molecule has 0 aliphatic carbocycles. The number of nitrogens with zero attached hydrogens (tertiary/aromatic N) is 4. The molecular formula is C23H18ClN5O3S. The lowest BCUT2D eigenvalue weighted by molar-refractivity contribution is -0.384. The molecule has 1 amide bonds. The Balaban J connectivity index is 1.43. The average molecular weight is 480 g/mol. The summed E-state index contributed by atoms with van der Waals surface area (Å²) in [7, 11) is 0. The van der Waals surface area contributed by atoms with E-state index in [1.54, 1.807) is 12.1 Å². The predicted molar refractivity (Wildman–Crippen MR) is 130 cm³/mol. The van der Waals surface area contributed by atoms with Crippen molar-refractivity contribution < 1.29 is 9.72 Å². The Hall–Kier alpha value is -3.69. The SMILES string of the molecule is O=C(CSc1nc2ccccc2n1Cc1ccc(Cl)cc1)N/N=C/c1cccc([N+](=O)[O-])c1. The smallest absolute Gasteiger partial charge is 0.270 e. The van der Waals surface area contributed by atoms with E-state index in [4.69, 9.17) is 11.6 Å². The lowest BCUT2D eigenvalue weighted by atomic mass is 10.2. The number of amides is 1. The fourth-order valence-corrected chi connectivity index (χ4v) is 4.08. The molecule has 0 unspecified atom stereocenters. The number of fused-ring (bicyclic) bond motifs is 1. The van der Waals surface area contributed by atoms with E-state index in [9.17, 15) is 14.9 Å². The zero-order chi connectivity index (χ0) is 23.2. The van der Waals surface area contributed by atoms with E-state index in [0.717, 1.165) is 16.6 Å². The van der Waals surface area contributed by atoms with Crippen LogP contribution < -0.4 is 5.43 Å². The number of carbonyl (C=O) groups excluding carboxylic acids is 1. The maximum absolute atomic E-state index is 12.3. The first-order valence-electron chi connectivity index (χ1n) is 9.88. The summed E-state index contributed by atoms with van der Waals surface area (Å²) < 4.78 is 2.06. The van der Waals surface area contributed by atoms with Crippen LogP contribution in [0.2, 0.25) is 5.02 Å². The van der Waals surface area contributed by atoms with Crippen molar-refractivity contribution in [3.63, 3.8) is 0 Å². The van der Waals surface area contributed by atoms with Crippen molar-refractivity contribution in [2.45, 2.75) is 11.7 Å². The molecule has 3 aromatic carbocycles. The number of hydrazone groups is 1. The number of thioether (sulfide) groups is 1. The molecule has 8 nitrogen and oxygen atoms in total. The molecule has 0 aliphatic rings. The molecule has 33 heavy (non-hydrogen) atoms. The number of para-hydroxylation sites is 2. The van der Waals surface area contributed by atoms with Crippen LogP contribution in [0.1, 0.15) is 11.1 Å². The quantitative estimate of drug-likeness (QED) is 0.168. The fourth-order valence-electron chi connectivity index (χ4n) is 3.15. The molecule has 10 heteroatoms. The molecule has 0 radical (unpaired) electrons. The second-order valence-electron chi connectivity index (χ2n) is 7.03. The van der Waals surface area contributed by atoms with Gasteiger partial charge in [-0.2, -0.15) is 5.10 Å². The third kappa shape index (κ3) is 5.76. The maximum atomic E-state index is 12.3. The van der Waals surface area contributed by atoms with Gasteiger partial charge < -0.3 is 4.57 Å². The standard InChI is InChI=1S/C23H18ClN5O3S/c24-18-10-8-16(9-11-18)14-28-21-7-2-1-6-20(21)26-23(28)33-15-22(30)27-25-13-17-4-3-5-19(12-17)29(31)32/h1-13H,14-15H2,(H,27,30)/b25-13+. The number of nitrogens with one attached hydrogen (secondary N) is 1. The maximum Gasteiger partial charge on any atom is 0.270 e. The van der Waals surface area contributed by atoms with Gasteiger partial charge in [0.05, 0.1) is 34.5 Å².